The van der Waals surface area contributed by atoms with E-state index in [0.29, 0.717) is 26.1 Å². The summed E-state index contributed by atoms with van der Waals surface area (Å²) in [5.41, 5.74) is -0.686. The lowest BCUT2D eigenvalue weighted by molar-refractivity contribution is -0.150. The van der Waals surface area contributed by atoms with E-state index < -0.39 is 15.4 Å². The number of β-amino-alcohol motifs (C(OH)–C–C–N with tert-alkyl or cyclic N) is 1. The highest BCUT2D eigenvalue weighted by atomic mass is 32.2. The molecule has 2 saturated heterocycles. The van der Waals surface area contributed by atoms with Gasteiger partial charge in [-0.1, -0.05) is 13.8 Å². The molecule has 6 nitrogen and oxygen atoms in total. The van der Waals surface area contributed by atoms with Crippen LogP contribution in [0.15, 0.2) is 0 Å². The van der Waals surface area contributed by atoms with Crippen molar-refractivity contribution in [3.63, 3.8) is 0 Å². The molecule has 2 aliphatic rings. The number of amides is 1. The van der Waals surface area contributed by atoms with Gasteiger partial charge in [-0.15, -0.1) is 0 Å². The number of nitrogens with zero attached hydrogens (tertiary/aromatic N) is 2. The second kappa shape index (κ2) is 5.85. The van der Waals surface area contributed by atoms with E-state index >= 15 is 0 Å². The molecule has 0 aliphatic carbocycles. The van der Waals surface area contributed by atoms with Gasteiger partial charge >= 0.3 is 0 Å². The van der Waals surface area contributed by atoms with Crippen LogP contribution < -0.4 is 0 Å². The van der Waals surface area contributed by atoms with Crippen LogP contribution in [-0.2, 0) is 14.6 Å². The average Bonchev–Trinajstić information content (AvgIpc) is 2.68. The van der Waals surface area contributed by atoms with Crippen LogP contribution in [-0.4, -0.2) is 78.6 Å². The van der Waals surface area contributed by atoms with Gasteiger partial charge in [0, 0.05) is 25.7 Å². The molecule has 0 bridgehead atoms. The Balaban J connectivity index is 1.88. The Morgan fingerprint density at radius 2 is 2.05 bits per heavy atom. The monoisotopic (exact) mass is 318 g/mol. The van der Waals surface area contributed by atoms with Crippen LogP contribution >= 0.6 is 0 Å². The topological polar surface area (TPSA) is 77.9 Å². The number of sulfone groups is 1. The highest BCUT2D eigenvalue weighted by Gasteiger charge is 2.44. The van der Waals surface area contributed by atoms with Crippen molar-refractivity contribution in [1.82, 2.24) is 9.80 Å². The Labute approximate surface area is 127 Å². The summed E-state index contributed by atoms with van der Waals surface area (Å²) < 4.78 is 23.1. The van der Waals surface area contributed by atoms with Gasteiger partial charge in [-0.05, 0) is 19.3 Å². The average molecular weight is 318 g/mol. The standard InChI is InChI=1S/C14H26N2O4S/c1-4-16(12-5-6-21(19,20)8-12)13(17)7-15-9-14(18,10-15)11(2)3/h11-12,18H,4-10H2,1-3H3. The number of hydrogen-bond acceptors (Lipinski definition) is 5. The minimum Gasteiger partial charge on any atom is -0.387 e. The molecule has 0 aromatic carbocycles. The normalized spacial score (nSPS) is 27.6. The van der Waals surface area contributed by atoms with E-state index in [4.69, 9.17) is 0 Å². The fourth-order valence-electron chi connectivity index (χ4n) is 3.15. The maximum absolute atomic E-state index is 12.4. The van der Waals surface area contributed by atoms with Gasteiger partial charge in [0.05, 0.1) is 23.7 Å². The van der Waals surface area contributed by atoms with Crippen LogP contribution in [0.1, 0.15) is 27.2 Å². The van der Waals surface area contributed by atoms with Crippen molar-refractivity contribution in [2.24, 2.45) is 5.92 Å². The van der Waals surface area contributed by atoms with Crippen molar-refractivity contribution >= 4 is 15.7 Å². The summed E-state index contributed by atoms with van der Waals surface area (Å²) in [6.07, 6.45) is 0.540. The lowest BCUT2D eigenvalue weighted by Crippen LogP contribution is -2.66. The van der Waals surface area contributed by atoms with Crippen LogP contribution in [0.25, 0.3) is 0 Å². The molecule has 2 aliphatic heterocycles. The van der Waals surface area contributed by atoms with Gasteiger partial charge < -0.3 is 10.0 Å². The summed E-state index contributed by atoms with van der Waals surface area (Å²) in [6, 6.07) is -0.183. The van der Waals surface area contributed by atoms with Crippen molar-refractivity contribution in [3.8, 4) is 0 Å². The molecule has 0 aromatic rings. The Hall–Kier alpha value is -0.660. The van der Waals surface area contributed by atoms with Gasteiger partial charge in [-0.2, -0.15) is 0 Å². The molecule has 0 saturated carbocycles. The molecule has 0 spiro atoms. The highest BCUT2D eigenvalue weighted by molar-refractivity contribution is 7.91. The van der Waals surface area contributed by atoms with Crippen molar-refractivity contribution in [1.29, 1.82) is 0 Å². The smallest absolute Gasteiger partial charge is 0.237 e. The lowest BCUT2D eigenvalue weighted by atomic mass is 9.83. The molecule has 1 atom stereocenters. The number of hydrogen-bond donors (Lipinski definition) is 1. The van der Waals surface area contributed by atoms with Gasteiger partial charge in [-0.3, -0.25) is 9.69 Å². The molecule has 2 rings (SSSR count). The third-order valence-electron chi connectivity index (χ3n) is 4.74. The van der Waals surface area contributed by atoms with Crippen LogP contribution in [0.4, 0.5) is 0 Å². The summed E-state index contributed by atoms with van der Waals surface area (Å²) >= 11 is 0. The zero-order valence-corrected chi connectivity index (χ0v) is 13.9. The molecular formula is C14H26N2O4S. The zero-order valence-electron chi connectivity index (χ0n) is 13.1. The first-order valence-electron chi connectivity index (χ1n) is 7.61. The summed E-state index contributed by atoms with van der Waals surface area (Å²) in [4.78, 5) is 16.0. The Morgan fingerprint density at radius 3 is 2.48 bits per heavy atom. The molecule has 0 radical (unpaired) electrons. The number of likely N-dealkylation sites (tertiary alicyclic amines) is 1. The van der Waals surface area contributed by atoms with Crippen molar-refractivity contribution in [3.05, 3.63) is 0 Å². The summed E-state index contributed by atoms with van der Waals surface area (Å²) in [5.74, 6) is 0.400. The van der Waals surface area contributed by atoms with Gasteiger partial charge in [0.15, 0.2) is 9.84 Å². The Morgan fingerprint density at radius 1 is 1.43 bits per heavy atom. The fraction of sp³-hybridized carbons (Fsp3) is 0.929. The second-order valence-electron chi connectivity index (χ2n) is 6.64. The van der Waals surface area contributed by atoms with E-state index in [1.54, 1.807) is 4.90 Å². The van der Waals surface area contributed by atoms with E-state index in [2.05, 4.69) is 0 Å². The maximum Gasteiger partial charge on any atom is 0.237 e. The maximum atomic E-state index is 12.4. The number of carbonyl (C=O) groups is 1. The molecule has 2 heterocycles. The van der Waals surface area contributed by atoms with Gasteiger partial charge in [0.2, 0.25) is 5.91 Å². The first-order chi connectivity index (χ1) is 9.67. The molecule has 1 amide bonds. The third-order valence-corrected chi connectivity index (χ3v) is 6.49. The Kier molecular flexibility index (Phi) is 4.66. The molecular weight excluding hydrogens is 292 g/mol. The minimum absolute atomic E-state index is 0.0367. The fourth-order valence-corrected chi connectivity index (χ4v) is 4.88. The van der Waals surface area contributed by atoms with Crippen LogP contribution in [0.5, 0.6) is 0 Å². The number of rotatable bonds is 5. The van der Waals surface area contributed by atoms with Crippen LogP contribution in [0, 0.1) is 5.92 Å². The van der Waals surface area contributed by atoms with Crippen LogP contribution in [0.3, 0.4) is 0 Å². The quantitative estimate of drug-likeness (QED) is 0.755. The molecule has 122 valence electrons. The molecule has 0 aromatic heterocycles. The molecule has 1 N–H and O–H groups in total. The Bertz CT molecular complexity index is 497. The number of carbonyl (C=O) groups excluding carboxylic acids is 1. The minimum atomic E-state index is -2.98. The lowest BCUT2D eigenvalue weighted by Gasteiger charge is -2.49. The molecule has 2 fully saturated rings. The molecule has 7 heteroatoms. The van der Waals surface area contributed by atoms with Crippen molar-refractivity contribution < 1.29 is 18.3 Å². The van der Waals surface area contributed by atoms with E-state index in [-0.39, 0.29) is 35.9 Å². The van der Waals surface area contributed by atoms with Gasteiger partial charge in [0.1, 0.15) is 0 Å². The molecule has 1 unspecified atom stereocenters. The SMILES string of the molecule is CCN(C(=O)CN1CC(O)(C(C)C)C1)C1CCS(=O)(=O)C1. The molecule has 21 heavy (non-hydrogen) atoms. The first-order valence-corrected chi connectivity index (χ1v) is 9.43. The largest absolute Gasteiger partial charge is 0.387 e. The van der Waals surface area contributed by atoms with Gasteiger partial charge in [0.25, 0.3) is 0 Å². The summed E-state index contributed by atoms with van der Waals surface area (Å²) in [7, 11) is -2.98. The zero-order chi connectivity index (χ0) is 15.8. The number of likely N-dealkylation sites (N-methyl/N-ethyl adjacent to an activating group) is 1. The highest BCUT2D eigenvalue weighted by Crippen LogP contribution is 2.28. The van der Waals surface area contributed by atoms with E-state index in [9.17, 15) is 18.3 Å². The van der Waals surface area contributed by atoms with Crippen LogP contribution in [0.2, 0.25) is 0 Å². The van der Waals surface area contributed by atoms with E-state index in [1.807, 2.05) is 25.7 Å². The van der Waals surface area contributed by atoms with Gasteiger partial charge in [-0.25, -0.2) is 8.42 Å². The van der Waals surface area contributed by atoms with Crippen molar-refractivity contribution in [2.75, 3.05) is 37.7 Å². The van der Waals surface area contributed by atoms with E-state index in [0.717, 1.165) is 0 Å². The predicted molar refractivity (Wildman–Crippen MR) is 80.7 cm³/mol. The van der Waals surface area contributed by atoms with E-state index in [1.165, 1.54) is 0 Å². The number of aliphatic hydroxyl groups is 1. The summed E-state index contributed by atoms with van der Waals surface area (Å²) in [5, 5.41) is 10.2. The summed E-state index contributed by atoms with van der Waals surface area (Å²) in [6.45, 7) is 7.64. The van der Waals surface area contributed by atoms with Crippen molar-refractivity contribution in [2.45, 2.75) is 38.8 Å². The predicted octanol–water partition coefficient (Wildman–Crippen LogP) is -0.275. The third kappa shape index (κ3) is 3.57. The first kappa shape index (κ1) is 16.7. The second-order valence-corrected chi connectivity index (χ2v) is 8.87.